The molecule has 0 bridgehead atoms. The zero-order valence-electron chi connectivity index (χ0n) is 16.0. The van der Waals surface area contributed by atoms with Crippen LogP contribution in [0.25, 0.3) is 11.1 Å². The largest absolute Gasteiger partial charge is 0.339 e. The number of benzene rings is 2. The molecular formula is C22H31N3O3. The van der Waals surface area contributed by atoms with Crippen molar-refractivity contribution in [3.8, 4) is 11.1 Å². The maximum atomic E-state index is 12.5. The van der Waals surface area contributed by atoms with Gasteiger partial charge in [0.15, 0.2) is 0 Å². The SMILES string of the molecule is C.CCc1ccc(-c2ccc(C(=O)N[C@@H](CNC(C)C)C(=O)NO)cc2)cc1. The number of nitrogens with one attached hydrogen (secondary N) is 3. The molecule has 0 aliphatic heterocycles. The molecule has 2 rings (SSSR count). The number of hydrogen-bond donors (Lipinski definition) is 4. The maximum Gasteiger partial charge on any atom is 0.267 e. The van der Waals surface area contributed by atoms with Gasteiger partial charge in [0.1, 0.15) is 6.04 Å². The van der Waals surface area contributed by atoms with Crippen molar-refractivity contribution < 1.29 is 14.8 Å². The van der Waals surface area contributed by atoms with E-state index in [0.29, 0.717) is 5.56 Å². The van der Waals surface area contributed by atoms with E-state index in [4.69, 9.17) is 5.21 Å². The van der Waals surface area contributed by atoms with Gasteiger partial charge in [0.2, 0.25) is 0 Å². The van der Waals surface area contributed by atoms with Crippen LogP contribution in [0.5, 0.6) is 0 Å². The molecule has 2 aromatic rings. The lowest BCUT2D eigenvalue weighted by Gasteiger charge is -2.19. The van der Waals surface area contributed by atoms with Gasteiger partial charge < -0.3 is 10.6 Å². The second kappa shape index (κ2) is 11.2. The van der Waals surface area contributed by atoms with E-state index < -0.39 is 11.9 Å². The van der Waals surface area contributed by atoms with Crippen molar-refractivity contribution in [3.63, 3.8) is 0 Å². The molecular weight excluding hydrogens is 354 g/mol. The first-order valence-corrected chi connectivity index (χ1v) is 9.12. The number of carbonyl (C=O) groups excluding carboxylic acids is 2. The standard InChI is InChI=1S/C21H27N3O3.CH4/c1-4-15-5-7-16(8-6-15)17-9-11-18(12-10-17)20(25)23-19(21(26)24-27)13-22-14(2)3;/h5-12,14,19,22,27H,4,13H2,1-3H3,(H,23,25)(H,24,26);1H4/t19-;/m0./s1. The predicted molar refractivity (Wildman–Crippen MR) is 112 cm³/mol. The van der Waals surface area contributed by atoms with Gasteiger partial charge in [0.05, 0.1) is 0 Å². The van der Waals surface area contributed by atoms with Crippen LogP contribution in [0.4, 0.5) is 0 Å². The topological polar surface area (TPSA) is 90.5 Å². The summed E-state index contributed by atoms with van der Waals surface area (Å²) in [5, 5.41) is 14.6. The first-order chi connectivity index (χ1) is 12.9. The van der Waals surface area contributed by atoms with E-state index in [1.807, 2.05) is 26.0 Å². The monoisotopic (exact) mass is 385 g/mol. The fraction of sp³-hybridized carbons (Fsp3) is 0.364. The van der Waals surface area contributed by atoms with Gasteiger partial charge in [-0.25, -0.2) is 5.48 Å². The smallest absolute Gasteiger partial charge is 0.267 e. The first kappa shape index (κ1) is 23.3. The highest BCUT2D eigenvalue weighted by Crippen LogP contribution is 2.20. The number of hydroxylamine groups is 1. The second-order valence-electron chi connectivity index (χ2n) is 6.69. The van der Waals surface area contributed by atoms with Crippen LogP contribution in [-0.2, 0) is 11.2 Å². The van der Waals surface area contributed by atoms with E-state index >= 15 is 0 Å². The lowest BCUT2D eigenvalue weighted by atomic mass is 10.0. The van der Waals surface area contributed by atoms with Crippen molar-refractivity contribution in [2.24, 2.45) is 0 Å². The molecule has 0 saturated carbocycles. The first-order valence-electron chi connectivity index (χ1n) is 9.12. The fourth-order valence-electron chi connectivity index (χ4n) is 2.63. The van der Waals surface area contributed by atoms with E-state index in [1.165, 1.54) is 5.56 Å². The lowest BCUT2D eigenvalue weighted by Crippen LogP contribution is -2.52. The van der Waals surface area contributed by atoms with E-state index in [1.54, 1.807) is 17.6 Å². The van der Waals surface area contributed by atoms with Crippen LogP contribution in [0.1, 0.15) is 44.1 Å². The summed E-state index contributed by atoms with van der Waals surface area (Å²) < 4.78 is 0. The molecule has 0 fully saturated rings. The van der Waals surface area contributed by atoms with Gasteiger partial charge in [-0.15, -0.1) is 0 Å². The summed E-state index contributed by atoms with van der Waals surface area (Å²) >= 11 is 0. The van der Waals surface area contributed by atoms with Crippen LogP contribution in [0.3, 0.4) is 0 Å². The number of hydrogen-bond acceptors (Lipinski definition) is 4. The Morgan fingerprint density at radius 3 is 1.96 bits per heavy atom. The molecule has 4 N–H and O–H groups in total. The van der Waals surface area contributed by atoms with Crippen LogP contribution in [-0.4, -0.2) is 35.7 Å². The third-order valence-corrected chi connectivity index (χ3v) is 4.30. The van der Waals surface area contributed by atoms with Crippen molar-refractivity contribution in [2.75, 3.05) is 6.54 Å². The second-order valence-corrected chi connectivity index (χ2v) is 6.69. The molecule has 2 amide bonds. The van der Waals surface area contributed by atoms with Gasteiger partial charge >= 0.3 is 0 Å². The van der Waals surface area contributed by atoms with Crippen molar-refractivity contribution in [2.45, 2.75) is 46.7 Å². The third-order valence-electron chi connectivity index (χ3n) is 4.30. The van der Waals surface area contributed by atoms with Crippen molar-refractivity contribution in [1.82, 2.24) is 16.1 Å². The zero-order valence-corrected chi connectivity index (χ0v) is 16.0. The predicted octanol–water partition coefficient (Wildman–Crippen LogP) is 3.15. The van der Waals surface area contributed by atoms with Gasteiger partial charge in [0, 0.05) is 18.2 Å². The van der Waals surface area contributed by atoms with Crippen LogP contribution in [0.2, 0.25) is 0 Å². The van der Waals surface area contributed by atoms with Crippen LogP contribution in [0.15, 0.2) is 48.5 Å². The number of amides is 2. The molecule has 0 aliphatic rings. The molecule has 0 spiro atoms. The van der Waals surface area contributed by atoms with E-state index in [2.05, 4.69) is 41.8 Å². The minimum Gasteiger partial charge on any atom is -0.339 e. The van der Waals surface area contributed by atoms with Crippen LogP contribution in [0, 0.1) is 0 Å². The molecule has 6 heteroatoms. The number of rotatable bonds is 8. The normalized spacial score (nSPS) is 11.5. The summed E-state index contributed by atoms with van der Waals surface area (Å²) in [6.07, 6.45) is 0.994. The molecule has 28 heavy (non-hydrogen) atoms. The summed E-state index contributed by atoms with van der Waals surface area (Å²) in [7, 11) is 0. The highest BCUT2D eigenvalue weighted by atomic mass is 16.5. The van der Waals surface area contributed by atoms with Crippen molar-refractivity contribution in [1.29, 1.82) is 0 Å². The minimum atomic E-state index is -0.869. The van der Waals surface area contributed by atoms with Crippen molar-refractivity contribution >= 4 is 11.8 Å². The van der Waals surface area contributed by atoms with E-state index in [0.717, 1.165) is 17.5 Å². The Morgan fingerprint density at radius 1 is 0.964 bits per heavy atom. The molecule has 0 heterocycles. The average molecular weight is 386 g/mol. The Hall–Kier alpha value is -2.70. The molecule has 0 aromatic heterocycles. The Balaban J connectivity index is 0.00000392. The highest BCUT2D eigenvalue weighted by molar-refractivity contribution is 5.97. The summed E-state index contributed by atoms with van der Waals surface area (Å²) in [4.78, 5) is 24.2. The molecule has 0 unspecified atom stereocenters. The Kier molecular flexibility index (Phi) is 9.35. The molecule has 0 aliphatic carbocycles. The molecule has 2 aromatic carbocycles. The third kappa shape index (κ3) is 6.48. The fourth-order valence-corrected chi connectivity index (χ4v) is 2.63. The highest BCUT2D eigenvalue weighted by Gasteiger charge is 2.21. The molecule has 0 radical (unpaired) electrons. The van der Waals surface area contributed by atoms with Gasteiger partial charge in [-0.3, -0.25) is 14.8 Å². The maximum absolute atomic E-state index is 12.5. The van der Waals surface area contributed by atoms with Gasteiger partial charge in [-0.05, 0) is 35.2 Å². The average Bonchev–Trinajstić information content (AvgIpc) is 2.70. The van der Waals surface area contributed by atoms with Crippen molar-refractivity contribution in [3.05, 3.63) is 59.7 Å². The molecule has 6 nitrogen and oxygen atoms in total. The van der Waals surface area contributed by atoms with Gasteiger partial charge in [-0.2, -0.15) is 0 Å². The summed E-state index contributed by atoms with van der Waals surface area (Å²) in [5.74, 6) is -1.04. The summed E-state index contributed by atoms with van der Waals surface area (Å²) in [6.45, 7) is 6.20. The Labute approximate surface area is 167 Å². The van der Waals surface area contributed by atoms with Gasteiger partial charge in [0.25, 0.3) is 11.8 Å². The minimum absolute atomic E-state index is 0. The quantitative estimate of drug-likeness (QED) is 0.415. The Bertz CT molecular complexity index is 756. The van der Waals surface area contributed by atoms with Gasteiger partial charge in [-0.1, -0.05) is 64.6 Å². The molecule has 1 atom stereocenters. The van der Waals surface area contributed by atoms with Crippen LogP contribution < -0.4 is 16.1 Å². The number of carbonyl (C=O) groups is 2. The number of aryl methyl sites for hydroxylation is 1. The Morgan fingerprint density at radius 2 is 1.50 bits per heavy atom. The van der Waals surface area contributed by atoms with Crippen LogP contribution >= 0.6 is 0 Å². The zero-order chi connectivity index (χ0) is 19.8. The summed E-state index contributed by atoms with van der Waals surface area (Å²) in [6, 6.07) is 14.8. The molecule has 152 valence electrons. The van der Waals surface area contributed by atoms with E-state index in [-0.39, 0.29) is 25.9 Å². The lowest BCUT2D eigenvalue weighted by molar-refractivity contribution is -0.131. The van der Waals surface area contributed by atoms with E-state index in [9.17, 15) is 9.59 Å². The molecule has 0 saturated heterocycles. The summed E-state index contributed by atoms with van der Waals surface area (Å²) in [5.41, 5.74) is 5.41.